The van der Waals surface area contributed by atoms with E-state index in [1.54, 1.807) is 12.1 Å². The molecule has 0 aliphatic heterocycles. The second kappa shape index (κ2) is 5.21. The Labute approximate surface area is 133 Å². The molecule has 1 aliphatic rings. The van der Waals surface area contributed by atoms with E-state index in [1.165, 1.54) is 0 Å². The van der Waals surface area contributed by atoms with E-state index in [9.17, 15) is 9.59 Å². The Hall–Kier alpha value is -3.20. The first kappa shape index (κ1) is 13.5. The Bertz CT molecular complexity index is 971. The second-order valence-corrected chi connectivity index (χ2v) is 5.49. The predicted molar refractivity (Wildman–Crippen MR) is 91.3 cm³/mol. The van der Waals surface area contributed by atoms with Gasteiger partial charge in [-0.25, -0.2) is 0 Å². The number of carbonyl (C=O) groups excluding carboxylic acids is 2. The van der Waals surface area contributed by atoms with E-state index in [0.29, 0.717) is 11.3 Å². The molecule has 1 N–H and O–H groups in total. The summed E-state index contributed by atoms with van der Waals surface area (Å²) in [6.45, 7) is 0. The third-order valence-electron chi connectivity index (χ3n) is 3.97. The molecule has 0 aromatic heterocycles. The fraction of sp³-hybridized carbons (Fsp3) is 0. The smallest absolute Gasteiger partial charge is 0.249 e. The molecule has 0 atom stereocenters. The minimum absolute atomic E-state index is 0.309. The van der Waals surface area contributed by atoms with Crippen LogP contribution in [0.5, 0.6) is 0 Å². The maximum atomic E-state index is 12.4. The zero-order chi connectivity index (χ0) is 15.8. The van der Waals surface area contributed by atoms with E-state index < -0.39 is 11.6 Å². The van der Waals surface area contributed by atoms with Crippen molar-refractivity contribution in [2.24, 2.45) is 0 Å². The van der Waals surface area contributed by atoms with Crippen LogP contribution in [0.1, 0.15) is 15.9 Å². The molecular formula is C20H13NO2. The molecule has 1 aliphatic carbocycles. The number of fused-ring (bicyclic) bond motifs is 2. The SMILES string of the molecule is O=C1C(=O)c2cc3ccccc3cc2C=C1Nc1ccccc1. The normalized spacial score (nSPS) is 13.7. The molecule has 0 spiro atoms. The highest BCUT2D eigenvalue weighted by Gasteiger charge is 2.28. The summed E-state index contributed by atoms with van der Waals surface area (Å²) in [6.07, 6.45) is 1.75. The van der Waals surface area contributed by atoms with Gasteiger partial charge < -0.3 is 5.32 Å². The monoisotopic (exact) mass is 299 g/mol. The molecule has 0 radical (unpaired) electrons. The van der Waals surface area contributed by atoms with Crippen LogP contribution in [0.25, 0.3) is 16.8 Å². The average molecular weight is 299 g/mol. The number of benzene rings is 3. The van der Waals surface area contributed by atoms with Crippen molar-refractivity contribution in [1.82, 2.24) is 0 Å². The third kappa shape index (κ3) is 2.32. The highest BCUT2D eigenvalue weighted by atomic mass is 16.2. The molecule has 110 valence electrons. The number of hydrogen-bond acceptors (Lipinski definition) is 3. The Morgan fingerprint density at radius 3 is 2.09 bits per heavy atom. The van der Waals surface area contributed by atoms with Gasteiger partial charge in [-0.05, 0) is 46.7 Å². The number of rotatable bonds is 2. The van der Waals surface area contributed by atoms with Crippen LogP contribution < -0.4 is 5.32 Å². The highest BCUT2D eigenvalue weighted by molar-refractivity contribution is 6.52. The number of para-hydroxylation sites is 1. The number of allylic oxidation sites excluding steroid dienone is 1. The van der Waals surface area contributed by atoms with Gasteiger partial charge >= 0.3 is 0 Å². The Morgan fingerprint density at radius 1 is 0.696 bits per heavy atom. The van der Waals surface area contributed by atoms with Crippen molar-refractivity contribution in [3.63, 3.8) is 0 Å². The van der Waals surface area contributed by atoms with Crippen molar-refractivity contribution in [2.75, 3.05) is 5.32 Å². The summed E-state index contributed by atoms with van der Waals surface area (Å²) in [5.41, 5.74) is 2.33. The van der Waals surface area contributed by atoms with E-state index in [1.807, 2.05) is 60.7 Å². The van der Waals surface area contributed by atoms with Crippen molar-refractivity contribution in [3.05, 3.63) is 83.6 Å². The predicted octanol–water partition coefficient (Wildman–Crippen LogP) is 4.06. The fourth-order valence-electron chi connectivity index (χ4n) is 2.81. The summed E-state index contributed by atoms with van der Waals surface area (Å²) >= 11 is 0. The van der Waals surface area contributed by atoms with Crippen molar-refractivity contribution in [3.8, 4) is 0 Å². The summed E-state index contributed by atoms with van der Waals surface area (Å²) in [5, 5.41) is 5.04. The van der Waals surface area contributed by atoms with E-state index in [2.05, 4.69) is 5.32 Å². The maximum absolute atomic E-state index is 12.4. The number of carbonyl (C=O) groups is 2. The lowest BCUT2D eigenvalue weighted by Crippen LogP contribution is -2.25. The van der Waals surface area contributed by atoms with Crippen molar-refractivity contribution >= 4 is 34.1 Å². The lowest BCUT2D eigenvalue weighted by atomic mass is 9.90. The summed E-state index contributed by atoms with van der Waals surface area (Å²) in [5.74, 6) is -0.969. The molecule has 0 saturated heterocycles. The Balaban J connectivity index is 1.83. The topological polar surface area (TPSA) is 46.2 Å². The molecule has 23 heavy (non-hydrogen) atoms. The van der Waals surface area contributed by atoms with Gasteiger partial charge in [0.1, 0.15) is 0 Å². The largest absolute Gasteiger partial charge is 0.352 e. The van der Waals surface area contributed by atoms with E-state index in [0.717, 1.165) is 22.0 Å². The molecule has 3 heteroatoms. The van der Waals surface area contributed by atoms with Crippen molar-refractivity contribution in [2.45, 2.75) is 0 Å². The first-order valence-corrected chi connectivity index (χ1v) is 7.38. The molecule has 4 rings (SSSR count). The first-order valence-electron chi connectivity index (χ1n) is 7.38. The standard InChI is InChI=1S/C20H13NO2/c22-19-17-11-14-7-5-4-6-13(14)10-15(17)12-18(20(19)23)21-16-8-2-1-3-9-16/h1-12,21H. The van der Waals surface area contributed by atoms with Crippen LogP contribution in [0.2, 0.25) is 0 Å². The zero-order valence-corrected chi connectivity index (χ0v) is 12.2. The highest BCUT2D eigenvalue weighted by Crippen LogP contribution is 2.27. The molecule has 0 amide bonds. The molecule has 0 bridgehead atoms. The number of nitrogens with one attached hydrogen (secondary N) is 1. The molecule has 0 fully saturated rings. The van der Waals surface area contributed by atoms with E-state index in [-0.39, 0.29) is 0 Å². The summed E-state index contributed by atoms with van der Waals surface area (Å²) in [4.78, 5) is 24.8. The van der Waals surface area contributed by atoms with Crippen LogP contribution in [0, 0.1) is 0 Å². The van der Waals surface area contributed by atoms with Gasteiger partial charge in [0.25, 0.3) is 0 Å². The fourth-order valence-corrected chi connectivity index (χ4v) is 2.81. The molecule has 0 saturated carbocycles. The van der Waals surface area contributed by atoms with Gasteiger partial charge in [-0.1, -0.05) is 42.5 Å². The molecule has 3 aromatic rings. The van der Waals surface area contributed by atoms with Crippen LogP contribution in [0.4, 0.5) is 5.69 Å². The van der Waals surface area contributed by atoms with Crippen molar-refractivity contribution < 1.29 is 9.59 Å². The maximum Gasteiger partial charge on any atom is 0.249 e. The Morgan fingerprint density at radius 2 is 1.35 bits per heavy atom. The lowest BCUT2D eigenvalue weighted by Gasteiger charge is -2.17. The van der Waals surface area contributed by atoms with Gasteiger partial charge in [0.2, 0.25) is 11.6 Å². The number of Topliss-reactive ketones (excluding diaryl/α,β-unsaturated/α-hetero) is 2. The third-order valence-corrected chi connectivity index (χ3v) is 3.97. The van der Waals surface area contributed by atoms with Crippen LogP contribution in [-0.2, 0) is 4.79 Å². The van der Waals surface area contributed by atoms with Gasteiger partial charge in [0.15, 0.2) is 0 Å². The molecule has 0 heterocycles. The zero-order valence-electron chi connectivity index (χ0n) is 12.2. The van der Waals surface area contributed by atoms with Crippen LogP contribution >= 0.6 is 0 Å². The minimum Gasteiger partial charge on any atom is -0.352 e. The average Bonchev–Trinajstić information content (AvgIpc) is 2.59. The van der Waals surface area contributed by atoms with Gasteiger partial charge in [-0.3, -0.25) is 9.59 Å². The van der Waals surface area contributed by atoms with E-state index >= 15 is 0 Å². The van der Waals surface area contributed by atoms with E-state index in [4.69, 9.17) is 0 Å². The van der Waals surface area contributed by atoms with Gasteiger partial charge in [-0.15, -0.1) is 0 Å². The lowest BCUT2D eigenvalue weighted by molar-refractivity contribution is -0.111. The summed E-state index contributed by atoms with van der Waals surface area (Å²) in [6, 6.07) is 20.9. The molecular weight excluding hydrogens is 286 g/mol. The molecule has 3 nitrogen and oxygen atoms in total. The first-order chi connectivity index (χ1) is 11.2. The summed E-state index contributed by atoms with van der Waals surface area (Å²) in [7, 11) is 0. The van der Waals surface area contributed by atoms with Gasteiger partial charge in [0, 0.05) is 11.3 Å². The summed E-state index contributed by atoms with van der Waals surface area (Å²) < 4.78 is 0. The Kier molecular flexibility index (Phi) is 3.05. The van der Waals surface area contributed by atoms with Gasteiger partial charge in [-0.2, -0.15) is 0 Å². The number of ketones is 2. The van der Waals surface area contributed by atoms with Crippen LogP contribution in [-0.4, -0.2) is 11.6 Å². The second-order valence-electron chi connectivity index (χ2n) is 5.49. The van der Waals surface area contributed by atoms with Crippen LogP contribution in [0.15, 0.2) is 72.4 Å². The minimum atomic E-state index is -0.503. The van der Waals surface area contributed by atoms with Crippen molar-refractivity contribution in [1.29, 1.82) is 0 Å². The quantitative estimate of drug-likeness (QED) is 0.726. The van der Waals surface area contributed by atoms with Crippen LogP contribution in [0.3, 0.4) is 0 Å². The molecule has 0 unspecified atom stereocenters. The number of anilines is 1. The van der Waals surface area contributed by atoms with Gasteiger partial charge in [0.05, 0.1) is 5.70 Å². The number of hydrogen-bond donors (Lipinski definition) is 1. The molecule has 3 aromatic carbocycles.